The number of hydrogen-bond acceptors (Lipinski definition) is 6. The fourth-order valence-corrected chi connectivity index (χ4v) is 1.37. The number of nitrogens with zero attached hydrogens (tertiary/aromatic N) is 1. The predicted octanol–water partition coefficient (Wildman–Crippen LogP) is 3.11. The van der Waals surface area contributed by atoms with E-state index in [4.69, 9.17) is 14.2 Å². The van der Waals surface area contributed by atoms with Crippen molar-refractivity contribution in [2.45, 2.75) is 72.6 Å². The van der Waals surface area contributed by atoms with Gasteiger partial charge in [-0.2, -0.15) is 0 Å². The Morgan fingerprint density at radius 3 is 1.55 bits per heavy atom. The number of imide groups is 1. The van der Waals surface area contributed by atoms with Gasteiger partial charge in [-0.25, -0.2) is 14.5 Å². The average molecular weight is 317 g/mol. The molecule has 0 aliphatic heterocycles. The Kier molecular flexibility index (Phi) is 6.86. The third-order valence-corrected chi connectivity index (χ3v) is 2.15. The molecule has 1 atom stereocenters. The van der Waals surface area contributed by atoms with Crippen molar-refractivity contribution in [3.05, 3.63) is 0 Å². The highest BCUT2D eigenvalue weighted by Gasteiger charge is 2.35. The van der Waals surface area contributed by atoms with Gasteiger partial charge in [0.25, 0.3) is 0 Å². The lowest BCUT2D eigenvalue weighted by Crippen LogP contribution is -2.49. The molecule has 0 saturated heterocycles. The van der Waals surface area contributed by atoms with Crippen LogP contribution in [0.3, 0.4) is 0 Å². The van der Waals surface area contributed by atoms with Gasteiger partial charge in [0, 0.05) is 6.92 Å². The first kappa shape index (κ1) is 20.2. The van der Waals surface area contributed by atoms with Crippen molar-refractivity contribution in [2.75, 3.05) is 6.61 Å². The topological polar surface area (TPSA) is 82.1 Å². The van der Waals surface area contributed by atoms with Crippen LogP contribution in [0.4, 0.5) is 9.59 Å². The molecule has 0 fully saturated rings. The molecule has 0 heterocycles. The van der Waals surface area contributed by atoms with E-state index < -0.39 is 35.4 Å². The molecule has 0 aliphatic rings. The first-order chi connectivity index (χ1) is 9.73. The molecule has 0 radical (unpaired) electrons. The second-order valence-corrected chi connectivity index (χ2v) is 6.98. The molecule has 7 heteroatoms. The van der Waals surface area contributed by atoms with Gasteiger partial charge in [0.05, 0.1) is 6.04 Å². The minimum Gasteiger partial charge on any atom is -0.464 e. The third kappa shape index (κ3) is 8.49. The minimum atomic E-state index is -0.846. The highest BCUT2D eigenvalue weighted by Crippen LogP contribution is 2.16. The number of carbonyl (C=O) groups excluding carboxylic acids is 3. The van der Waals surface area contributed by atoms with Crippen LogP contribution in [0, 0.1) is 0 Å². The molecule has 22 heavy (non-hydrogen) atoms. The van der Waals surface area contributed by atoms with Crippen LogP contribution in [-0.4, -0.2) is 46.9 Å². The van der Waals surface area contributed by atoms with Crippen LogP contribution in [-0.2, 0) is 19.0 Å². The summed E-state index contributed by atoms with van der Waals surface area (Å²) in [6, 6.07) is -0.714. The standard InChI is InChI=1S/C15H27NO6/c1-10(9-20-11(2)17)16(12(18)21-14(3,4)5)13(19)22-15(6,7)8/h10H,9H2,1-8H3. The molecular weight excluding hydrogens is 290 g/mol. The molecule has 0 spiro atoms. The van der Waals surface area contributed by atoms with Gasteiger partial charge in [-0.1, -0.05) is 0 Å². The zero-order valence-electron chi connectivity index (χ0n) is 14.7. The van der Waals surface area contributed by atoms with Crippen LogP contribution in [0.1, 0.15) is 55.4 Å². The van der Waals surface area contributed by atoms with E-state index in [-0.39, 0.29) is 6.61 Å². The van der Waals surface area contributed by atoms with E-state index in [1.807, 2.05) is 0 Å². The second kappa shape index (κ2) is 7.47. The van der Waals surface area contributed by atoms with Gasteiger partial charge in [0.2, 0.25) is 0 Å². The van der Waals surface area contributed by atoms with Crippen molar-refractivity contribution in [2.24, 2.45) is 0 Å². The summed E-state index contributed by atoms with van der Waals surface area (Å²) < 4.78 is 15.3. The maximum atomic E-state index is 12.2. The fraction of sp³-hybridized carbons (Fsp3) is 0.800. The monoisotopic (exact) mass is 317 g/mol. The summed E-state index contributed by atoms with van der Waals surface area (Å²) in [5.41, 5.74) is -1.53. The molecule has 0 N–H and O–H groups in total. The molecular formula is C15H27NO6. The van der Waals surface area contributed by atoms with Gasteiger partial charge >= 0.3 is 18.2 Å². The lowest BCUT2D eigenvalue weighted by molar-refractivity contribution is -0.142. The molecule has 7 nitrogen and oxygen atoms in total. The first-order valence-corrected chi connectivity index (χ1v) is 7.11. The molecule has 0 bridgehead atoms. The van der Waals surface area contributed by atoms with Crippen molar-refractivity contribution in [1.82, 2.24) is 4.90 Å². The Labute approximate surface area is 131 Å². The number of amides is 2. The van der Waals surface area contributed by atoms with Gasteiger partial charge in [0.1, 0.15) is 17.8 Å². The van der Waals surface area contributed by atoms with Gasteiger partial charge in [0.15, 0.2) is 0 Å². The second-order valence-electron chi connectivity index (χ2n) is 6.98. The van der Waals surface area contributed by atoms with Crippen LogP contribution in [0.25, 0.3) is 0 Å². The molecule has 0 aromatic rings. The summed E-state index contributed by atoms with van der Waals surface area (Å²) >= 11 is 0. The summed E-state index contributed by atoms with van der Waals surface area (Å²) in [5, 5.41) is 0. The average Bonchev–Trinajstić information content (AvgIpc) is 2.20. The van der Waals surface area contributed by atoms with Crippen molar-refractivity contribution in [3.8, 4) is 0 Å². The van der Waals surface area contributed by atoms with Crippen LogP contribution < -0.4 is 0 Å². The van der Waals surface area contributed by atoms with Crippen molar-refractivity contribution in [1.29, 1.82) is 0 Å². The molecule has 0 rings (SSSR count). The number of ether oxygens (including phenoxy) is 3. The highest BCUT2D eigenvalue weighted by molar-refractivity contribution is 5.88. The Bertz CT molecular complexity index is 391. The Morgan fingerprint density at radius 2 is 1.27 bits per heavy atom. The number of esters is 1. The van der Waals surface area contributed by atoms with Gasteiger partial charge in [-0.3, -0.25) is 4.79 Å². The van der Waals surface area contributed by atoms with Crippen molar-refractivity contribution >= 4 is 18.2 Å². The lowest BCUT2D eigenvalue weighted by Gasteiger charge is -2.31. The van der Waals surface area contributed by atoms with Crippen LogP contribution >= 0.6 is 0 Å². The molecule has 0 aromatic heterocycles. The van der Waals surface area contributed by atoms with Crippen LogP contribution in [0.15, 0.2) is 0 Å². The fourth-order valence-electron chi connectivity index (χ4n) is 1.37. The lowest BCUT2D eigenvalue weighted by atomic mass is 10.2. The molecule has 0 saturated carbocycles. The molecule has 128 valence electrons. The largest absolute Gasteiger partial charge is 0.464 e. The van der Waals surface area contributed by atoms with E-state index in [0.29, 0.717) is 0 Å². The van der Waals surface area contributed by atoms with E-state index >= 15 is 0 Å². The van der Waals surface area contributed by atoms with E-state index in [1.54, 1.807) is 48.5 Å². The Hall–Kier alpha value is -1.79. The van der Waals surface area contributed by atoms with E-state index in [2.05, 4.69) is 0 Å². The van der Waals surface area contributed by atoms with Crippen LogP contribution in [0.5, 0.6) is 0 Å². The minimum absolute atomic E-state index is 0.131. The molecule has 0 aromatic carbocycles. The molecule has 0 aliphatic carbocycles. The third-order valence-electron chi connectivity index (χ3n) is 2.15. The zero-order chi connectivity index (χ0) is 17.7. The summed E-state index contributed by atoms with van der Waals surface area (Å²) in [6.07, 6.45) is -1.69. The Morgan fingerprint density at radius 1 is 0.909 bits per heavy atom. The zero-order valence-corrected chi connectivity index (χ0v) is 14.7. The van der Waals surface area contributed by atoms with Gasteiger partial charge < -0.3 is 14.2 Å². The number of carbonyl (C=O) groups is 3. The highest BCUT2D eigenvalue weighted by atomic mass is 16.6. The predicted molar refractivity (Wildman–Crippen MR) is 80.4 cm³/mol. The molecule has 1 unspecified atom stereocenters. The maximum absolute atomic E-state index is 12.2. The van der Waals surface area contributed by atoms with E-state index in [0.717, 1.165) is 4.90 Å². The van der Waals surface area contributed by atoms with E-state index in [1.165, 1.54) is 6.92 Å². The summed E-state index contributed by atoms with van der Waals surface area (Å²) in [4.78, 5) is 36.2. The Balaban J connectivity index is 5.17. The number of hydrogen-bond donors (Lipinski definition) is 0. The quantitative estimate of drug-likeness (QED) is 0.587. The first-order valence-electron chi connectivity index (χ1n) is 7.11. The van der Waals surface area contributed by atoms with E-state index in [9.17, 15) is 14.4 Å². The summed E-state index contributed by atoms with van der Waals surface area (Å²) in [7, 11) is 0. The summed E-state index contributed by atoms with van der Waals surface area (Å²) in [5.74, 6) is -0.500. The molecule has 2 amide bonds. The normalized spacial score (nSPS) is 13.1. The maximum Gasteiger partial charge on any atom is 0.420 e. The van der Waals surface area contributed by atoms with Gasteiger partial charge in [-0.15, -0.1) is 0 Å². The SMILES string of the molecule is CC(=O)OCC(C)N(C(=O)OC(C)(C)C)C(=O)OC(C)(C)C. The summed E-state index contributed by atoms with van der Waals surface area (Å²) in [6.45, 7) is 12.8. The van der Waals surface area contributed by atoms with Crippen molar-refractivity contribution in [3.63, 3.8) is 0 Å². The number of rotatable bonds is 3. The van der Waals surface area contributed by atoms with Crippen LogP contribution in [0.2, 0.25) is 0 Å². The van der Waals surface area contributed by atoms with Gasteiger partial charge in [-0.05, 0) is 48.5 Å². The smallest absolute Gasteiger partial charge is 0.420 e. The van der Waals surface area contributed by atoms with Crippen molar-refractivity contribution < 1.29 is 28.6 Å².